The van der Waals surface area contributed by atoms with Crippen molar-refractivity contribution in [3.05, 3.63) is 59.2 Å². The lowest BCUT2D eigenvalue weighted by Crippen LogP contribution is -2.36. The van der Waals surface area contributed by atoms with E-state index in [-0.39, 0.29) is 11.7 Å². The van der Waals surface area contributed by atoms with E-state index in [0.29, 0.717) is 18.7 Å². The van der Waals surface area contributed by atoms with Gasteiger partial charge in [0.25, 0.3) is 5.91 Å². The van der Waals surface area contributed by atoms with Gasteiger partial charge in [-0.2, -0.15) is 0 Å². The number of hydrogen-bond acceptors (Lipinski definition) is 1. The van der Waals surface area contributed by atoms with Crippen molar-refractivity contribution >= 4 is 5.91 Å². The SMILES string of the molecule is Cn1ccc2c1CCN(C(=O)c1ccc(F)cc1)C2. The zero-order chi connectivity index (χ0) is 13.4. The monoisotopic (exact) mass is 258 g/mol. The Labute approximate surface area is 111 Å². The summed E-state index contributed by atoms with van der Waals surface area (Å²) >= 11 is 0. The van der Waals surface area contributed by atoms with Crippen molar-refractivity contribution in [2.24, 2.45) is 7.05 Å². The van der Waals surface area contributed by atoms with Crippen LogP contribution in [-0.2, 0) is 20.0 Å². The molecule has 0 N–H and O–H groups in total. The molecule has 1 aromatic heterocycles. The molecule has 1 aliphatic rings. The molecule has 0 fully saturated rings. The number of halogens is 1. The van der Waals surface area contributed by atoms with E-state index >= 15 is 0 Å². The van der Waals surface area contributed by atoms with Gasteiger partial charge < -0.3 is 9.47 Å². The van der Waals surface area contributed by atoms with Crippen molar-refractivity contribution in [1.82, 2.24) is 9.47 Å². The number of rotatable bonds is 1. The van der Waals surface area contributed by atoms with E-state index < -0.39 is 0 Å². The average molecular weight is 258 g/mol. The van der Waals surface area contributed by atoms with Crippen molar-refractivity contribution in [3.8, 4) is 0 Å². The van der Waals surface area contributed by atoms with E-state index in [4.69, 9.17) is 0 Å². The zero-order valence-electron chi connectivity index (χ0n) is 10.8. The standard InChI is InChI=1S/C15H15FN2O/c1-17-8-6-12-10-18(9-7-14(12)17)15(19)11-2-4-13(16)5-3-11/h2-6,8H,7,9-10H2,1H3. The van der Waals surface area contributed by atoms with E-state index in [0.717, 1.165) is 6.42 Å². The third kappa shape index (κ3) is 2.14. The van der Waals surface area contributed by atoms with Crippen LogP contribution in [0.4, 0.5) is 4.39 Å². The Hall–Kier alpha value is -2.10. The summed E-state index contributed by atoms with van der Waals surface area (Å²) in [6.45, 7) is 1.34. The predicted octanol–water partition coefficient (Wildman–Crippen LogP) is 2.36. The maximum atomic E-state index is 12.9. The largest absolute Gasteiger partial charge is 0.354 e. The van der Waals surface area contributed by atoms with Crippen molar-refractivity contribution in [1.29, 1.82) is 0 Å². The number of hydrogen-bond donors (Lipinski definition) is 0. The second-order valence-corrected chi connectivity index (χ2v) is 4.88. The Morgan fingerprint density at radius 2 is 1.95 bits per heavy atom. The Bertz CT molecular complexity index is 616. The lowest BCUT2D eigenvalue weighted by atomic mass is 10.1. The summed E-state index contributed by atoms with van der Waals surface area (Å²) in [5, 5.41) is 0. The van der Waals surface area contributed by atoms with Gasteiger partial charge in [0, 0.05) is 44.0 Å². The Kier molecular flexibility index (Phi) is 2.85. The van der Waals surface area contributed by atoms with Crippen LogP contribution in [0, 0.1) is 5.82 Å². The first-order valence-electron chi connectivity index (χ1n) is 6.33. The van der Waals surface area contributed by atoms with Gasteiger partial charge in [-0.15, -0.1) is 0 Å². The molecule has 98 valence electrons. The van der Waals surface area contributed by atoms with Crippen LogP contribution in [0.1, 0.15) is 21.6 Å². The Balaban J connectivity index is 1.81. The van der Waals surface area contributed by atoms with Gasteiger partial charge in [0.1, 0.15) is 5.82 Å². The molecule has 0 atom stereocenters. The van der Waals surface area contributed by atoms with Gasteiger partial charge in [-0.1, -0.05) is 0 Å². The summed E-state index contributed by atoms with van der Waals surface area (Å²) < 4.78 is 15.0. The molecular formula is C15H15FN2O. The van der Waals surface area contributed by atoms with Gasteiger partial charge in [-0.05, 0) is 35.9 Å². The lowest BCUT2D eigenvalue weighted by Gasteiger charge is -2.27. The van der Waals surface area contributed by atoms with Gasteiger partial charge in [-0.3, -0.25) is 4.79 Å². The van der Waals surface area contributed by atoms with E-state index in [1.165, 1.54) is 35.5 Å². The van der Waals surface area contributed by atoms with Crippen LogP contribution < -0.4 is 0 Å². The summed E-state index contributed by atoms with van der Waals surface area (Å²) in [5.41, 5.74) is 3.04. The molecule has 0 spiro atoms. The molecule has 2 aromatic rings. The fraction of sp³-hybridized carbons (Fsp3) is 0.267. The molecule has 3 nitrogen and oxygen atoms in total. The van der Waals surface area contributed by atoms with Crippen LogP contribution >= 0.6 is 0 Å². The van der Waals surface area contributed by atoms with E-state index in [2.05, 4.69) is 10.6 Å². The molecule has 3 rings (SSSR count). The van der Waals surface area contributed by atoms with Crippen LogP contribution in [-0.4, -0.2) is 21.9 Å². The molecule has 0 radical (unpaired) electrons. The van der Waals surface area contributed by atoms with Crippen molar-refractivity contribution in [2.75, 3.05) is 6.54 Å². The molecule has 19 heavy (non-hydrogen) atoms. The first kappa shape index (κ1) is 12.0. The second kappa shape index (κ2) is 4.53. The van der Waals surface area contributed by atoms with Gasteiger partial charge in [0.15, 0.2) is 0 Å². The number of amides is 1. The van der Waals surface area contributed by atoms with Crippen LogP contribution in [0.5, 0.6) is 0 Å². The molecule has 1 aliphatic heterocycles. The first-order valence-corrected chi connectivity index (χ1v) is 6.33. The first-order chi connectivity index (χ1) is 9.15. The van der Waals surface area contributed by atoms with E-state index in [1.54, 1.807) is 0 Å². The summed E-state index contributed by atoms with van der Waals surface area (Å²) in [7, 11) is 2.02. The van der Waals surface area contributed by atoms with Crippen LogP contribution in [0.3, 0.4) is 0 Å². The van der Waals surface area contributed by atoms with Gasteiger partial charge in [-0.25, -0.2) is 4.39 Å². The second-order valence-electron chi connectivity index (χ2n) is 4.88. The van der Waals surface area contributed by atoms with Gasteiger partial charge in [0.05, 0.1) is 0 Å². The molecule has 4 heteroatoms. The maximum absolute atomic E-state index is 12.9. The summed E-state index contributed by atoms with van der Waals surface area (Å²) in [6.07, 6.45) is 2.89. The quantitative estimate of drug-likeness (QED) is 0.771. The highest BCUT2D eigenvalue weighted by Gasteiger charge is 2.23. The minimum atomic E-state index is -0.319. The number of aromatic nitrogens is 1. The normalized spacial score (nSPS) is 14.3. The number of carbonyl (C=O) groups excluding carboxylic acids is 1. The van der Waals surface area contributed by atoms with Crippen LogP contribution in [0.2, 0.25) is 0 Å². The maximum Gasteiger partial charge on any atom is 0.254 e. The highest BCUT2D eigenvalue weighted by Crippen LogP contribution is 2.21. The average Bonchev–Trinajstić information content (AvgIpc) is 2.80. The number of aryl methyl sites for hydroxylation is 1. The van der Waals surface area contributed by atoms with Crippen LogP contribution in [0.25, 0.3) is 0 Å². The van der Waals surface area contributed by atoms with Crippen molar-refractivity contribution in [3.63, 3.8) is 0 Å². The fourth-order valence-electron chi connectivity index (χ4n) is 2.57. The highest BCUT2D eigenvalue weighted by molar-refractivity contribution is 5.94. The number of benzene rings is 1. The molecule has 2 heterocycles. The van der Waals surface area contributed by atoms with Gasteiger partial charge >= 0.3 is 0 Å². The predicted molar refractivity (Wildman–Crippen MR) is 70.3 cm³/mol. The van der Waals surface area contributed by atoms with E-state index in [9.17, 15) is 9.18 Å². The third-order valence-electron chi connectivity index (χ3n) is 3.65. The molecule has 0 aliphatic carbocycles. The summed E-state index contributed by atoms with van der Waals surface area (Å²) in [4.78, 5) is 14.1. The van der Waals surface area contributed by atoms with Crippen molar-refractivity contribution in [2.45, 2.75) is 13.0 Å². The Morgan fingerprint density at radius 3 is 2.68 bits per heavy atom. The number of nitrogens with zero attached hydrogens (tertiary/aromatic N) is 2. The minimum Gasteiger partial charge on any atom is -0.354 e. The smallest absolute Gasteiger partial charge is 0.254 e. The zero-order valence-corrected chi connectivity index (χ0v) is 10.8. The third-order valence-corrected chi connectivity index (χ3v) is 3.65. The topological polar surface area (TPSA) is 25.2 Å². The summed E-state index contributed by atoms with van der Waals surface area (Å²) in [5.74, 6) is -0.352. The minimum absolute atomic E-state index is 0.0329. The molecular weight excluding hydrogens is 243 g/mol. The fourth-order valence-corrected chi connectivity index (χ4v) is 2.57. The Morgan fingerprint density at radius 1 is 1.21 bits per heavy atom. The molecule has 0 unspecified atom stereocenters. The number of carbonyl (C=O) groups is 1. The van der Waals surface area contributed by atoms with Gasteiger partial charge in [0.2, 0.25) is 0 Å². The van der Waals surface area contributed by atoms with E-state index in [1.807, 2.05) is 18.1 Å². The summed E-state index contributed by atoms with van der Waals surface area (Å²) in [6, 6.07) is 7.78. The van der Waals surface area contributed by atoms with Crippen LogP contribution in [0.15, 0.2) is 36.5 Å². The molecule has 0 saturated carbocycles. The lowest BCUT2D eigenvalue weighted by molar-refractivity contribution is 0.0733. The molecule has 0 saturated heterocycles. The highest BCUT2D eigenvalue weighted by atomic mass is 19.1. The molecule has 1 aromatic carbocycles. The van der Waals surface area contributed by atoms with Crippen molar-refractivity contribution < 1.29 is 9.18 Å². The number of fused-ring (bicyclic) bond motifs is 1. The molecule has 0 bridgehead atoms. The molecule has 1 amide bonds.